The van der Waals surface area contributed by atoms with Crippen molar-refractivity contribution in [2.75, 3.05) is 4.72 Å². The van der Waals surface area contributed by atoms with Crippen molar-refractivity contribution >= 4 is 27.3 Å². The standard InChI is InChI=1S/C10H12N4O2S2/c1-14-10(11-9(12-14)7-2-3-7)13-18(15,16)8-4-5-17-6-8/h4-7H,2-3H2,1H3,(H,11,12,13). The molecular formula is C10H12N4O2S2. The highest BCUT2D eigenvalue weighted by atomic mass is 32.2. The third-order valence-corrected chi connectivity index (χ3v) is 4.91. The van der Waals surface area contributed by atoms with Gasteiger partial charge in [-0.1, -0.05) is 0 Å². The van der Waals surface area contributed by atoms with Gasteiger partial charge in [-0.05, 0) is 24.3 Å². The molecular weight excluding hydrogens is 272 g/mol. The van der Waals surface area contributed by atoms with Crippen molar-refractivity contribution < 1.29 is 8.42 Å². The quantitative estimate of drug-likeness (QED) is 0.924. The molecule has 2 aromatic rings. The van der Waals surface area contributed by atoms with Gasteiger partial charge in [0.1, 0.15) is 0 Å². The highest BCUT2D eigenvalue weighted by Crippen LogP contribution is 2.38. The average Bonchev–Trinajstić information content (AvgIpc) is 2.86. The summed E-state index contributed by atoms with van der Waals surface area (Å²) in [6, 6.07) is 1.56. The molecule has 6 nitrogen and oxygen atoms in total. The molecule has 1 fully saturated rings. The molecule has 1 aliphatic rings. The Bertz CT molecular complexity index is 656. The van der Waals surface area contributed by atoms with Crippen molar-refractivity contribution in [3.8, 4) is 0 Å². The minimum atomic E-state index is -3.55. The van der Waals surface area contributed by atoms with Gasteiger partial charge in [-0.2, -0.15) is 21.4 Å². The highest BCUT2D eigenvalue weighted by Gasteiger charge is 2.29. The third-order valence-electron chi connectivity index (χ3n) is 2.75. The van der Waals surface area contributed by atoms with Crippen molar-refractivity contribution in [1.82, 2.24) is 14.8 Å². The van der Waals surface area contributed by atoms with E-state index in [2.05, 4.69) is 14.8 Å². The molecule has 18 heavy (non-hydrogen) atoms. The Morgan fingerprint density at radius 2 is 2.28 bits per heavy atom. The summed E-state index contributed by atoms with van der Waals surface area (Å²) in [6.45, 7) is 0. The summed E-state index contributed by atoms with van der Waals surface area (Å²) in [5.41, 5.74) is 0. The highest BCUT2D eigenvalue weighted by molar-refractivity contribution is 7.92. The lowest BCUT2D eigenvalue weighted by Crippen LogP contribution is -2.15. The van der Waals surface area contributed by atoms with E-state index in [1.165, 1.54) is 16.0 Å². The fourth-order valence-electron chi connectivity index (χ4n) is 1.59. The van der Waals surface area contributed by atoms with Crippen LogP contribution in [0.25, 0.3) is 0 Å². The monoisotopic (exact) mass is 284 g/mol. The van der Waals surface area contributed by atoms with E-state index in [4.69, 9.17) is 0 Å². The maximum atomic E-state index is 12.0. The molecule has 96 valence electrons. The second-order valence-electron chi connectivity index (χ2n) is 4.26. The molecule has 1 aliphatic carbocycles. The zero-order chi connectivity index (χ0) is 12.8. The molecule has 8 heteroatoms. The molecule has 0 radical (unpaired) electrons. The van der Waals surface area contributed by atoms with Gasteiger partial charge in [0.2, 0.25) is 5.95 Å². The van der Waals surface area contributed by atoms with Crippen LogP contribution >= 0.6 is 11.3 Å². The second-order valence-corrected chi connectivity index (χ2v) is 6.72. The fraction of sp³-hybridized carbons (Fsp3) is 0.400. The van der Waals surface area contributed by atoms with E-state index in [0.29, 0.717) is 5.92 Å². The lowest BCUT2D eigenvalue weighted by atomic mass is 10.4. The predicted molar refractivity (Wildman–Crippen MR) is 68.1 cm³/mol. The van der Waals surface area contributed by atoms with E-state index >= 15 is 0 Å². The van der Waals surface area contributed by atoms with Crippen LogP contribution in [0.15, 0.2) is 21.7 Å². The Morgan fingerprint density at radius 1 is 1.50 bits per heavy atom. The normalized spacial score (nSPS) is 15.8. The van der Waals surface area contributed by atoms with Gasteiger partial charge in [0.05, 0.1) is 4.90 Å². The van der Waals surface area contributed by atoms with Gasteiger partial charge in [-0.25, -0.2) is 17.8 Å². The number of sulfonamides is 1. The summed E-state index contributed by atoms with van der Waals surface area (Å²) in [5.74, 6) is 1.39. The third kappa shape index (κ3) is 2.13. The van der Waals surface area contributed by atoms with Crippen LogP contribution in [-0.4, -0.2) is 23.2 Å². The molecule has 1 N–H and O–H groups in total. The molecule has 0 saturated heterocycles. The molecule has 0 spiro atoms. The zero-order valence-corrected chi connectivity index (χ0v) is 11.3. The minimum absolute atomic E-state index is 0.253. The van der Waals surface area contributed by atoms with Crippen LogP contribution in [0.2, 0.25) is 0 Å². The Hall–Kier alpha value is -1.41. The number of aromatic nitrogens is 3. The molecule has 1 saturated carbocycles. The number of anilines is 1. The molecule has 0 atom stereocenters. The van der Waals surface area contributed by atoms with Gasteiger partial charge in [-0.15, -0.1) is 0 Å². The Labute approximate surface area is 109 Å². The first-order chi connectivity index (χ1) is 8.56. The summed E-state index contributed by atoms with van der Waals surface area (Å²) in [4.78, 5) is 4.49. The number of rotatable bonds is 4. The molecule has 0 bridgehead atoms. The summed E-state index contributed by atoms with van der Waals surface area (Å²) in [5, 5.41) is 7.53. The summed E-state index contributed by atoms with van der Waals surface area (Å²) >= 11 is 1.34. The smallest absolute Gasteiger partial charge is 0.247 e. The number of thiophene rings is 1. The van der Waals surface area contributed by atoms with E-state index in [9.17, 15) is 8.42 Å². The van der Waals surface area contributed by atoms with Crippen molar-refractivity contribution in [2.45, 2.75) is 23.7 Å². The Balaban J connectivity index is 1.88. The van der Waals surface area contributed by atoms with Crippen molar-refractivity contribution in [3.05, 3.63) is 22.7 Å². The molecule has 0 amide bonds. The van der Waals surface area contributed by atoms with Crippen LogP contribution in [-0.2, 0) is 17.1 Å². The van der Waals surface area contributed by atoms with Crippen molar-refractivity contribution in [2.24, 2.45) is 7.05 Å². The largest absolute Gasteiger partial charge is 0.265 e. The van der Waals surface area contributed by atoms with Crippen LogP contribution in [0.1, 0.15) is 24.6 Å². The maximum Gasteiger partial charge on any atom is 0.265 e. The minimum Gasteiger partial charge on any atom is -0.247 e. The molecule has 0 unspecified atom stereocenters. The fourth-order valence-corrected chi connectivity index (χ4v) is 3.65. The van der Waals surface area contributed by atoms with Crippen LogP contribution in [0.5, 0.6) is 0 Å². The van der Waals surface area contributed by atoms with Gasteiger partial charge in [0.15, 0.2) is 5.82 Å². The van der Waals surface area contributed by atoms with E-state index < -0.39 is 10.0 Å². The Morgan fingerprint density at radius 3 is 2.89 bits per heavy atom. The van der Waals surface area contributed by atoms with Crippen LogP contribution in [0.4, 0.5) is 5.95 Å². The van der Waals surface area contributed by atoms with E-state index in [0.717, 1.165) is 18.7 Å². The first-order valence-electron chi connectivity index (χ1n) is 5.52. The number of nitrogens with one attached hydrogen (secondary N) is 1. The zero-order valence-electron chi connectivity index (χ0n) is 9.70. The maximum absolute atomic E-state index is 12.0. The van der Waals surface area contributed by atoms with Crippen molar-refractivity contribution in [3.63, 3.8) is 0 Å². The first kappa shape index (κ1) is 11.7. The van der Waals surface area contributed by atoms with E-state index in [1.54, 1.807) is 23.9 Å². The van der Waals surface area contributed by atoms with Gasteiger partial charge in [-0.3, -0.25) is 0 Å². The number of hydrogen-bond donors (Lipinski definition) is 1. The lowest BCUT2D eigenvalue weighted by molar-refractivity contribution is 0.600. The SMILES string of the molecule is Cn1nc(C2CC2)nc1NS(=O)(=O)c1ccsc1. The van der Waals surface area contributed by atoms with Crippen molar-refractivity contribution in [1.29, 1.82) is 0 Å². The summed E-state index contributed by atoms with van der Waals surface area (Å²) < 4.78 is 28.0. The molecule has 3 rings (SSSR count). The predicted octanol–water partition coefficient (Wildman–Crippen LogP) is 1.55. The summed E-state index contributed by atoms with van der Waals surface area (Å²) in [7, 11) is -1.86. The lowest BCUT2D eigenvalue weighted by Gasteiger charge is -2.04. The first-order valence-corrected chi connectivity index (χ1v) is 7.95. The van der Waals surface area contributed by atoms with E-state index in [1.807, 2.05) is 0 Å². The van der Waals surface area contributed by atoms with Gasteiger partial charge < -0.3 is 0 Å². The van der Waals surface area contributed by atoms with E-state index in [-0.39, 0.29) is 10.8 Å². The van der Waals surface area contributed by atoms with Gasteiger partial charge >= 0.3 is 0 Å². The number of aryl methyl sites for hydroxylation is 1. The molecule has 2 heterocycles. The van der Waals surface area contributed by atoms with Crippen LogP contribution < -0.4 is 4.72 Å². The topological polar surface area (TPSA) is 76.9 Å². The second kappa shape index (κ2) is 4.06. The number of hydrogen-bond acceptors (Lipinski definition) is 5. The molecule has 0 aromatic carbocycles. The van der Waals surface area contributed by atoms with Gasteiger partial charge in [0, 0.05) is 18.3 Å². The van der Waals surface area contributed by atoms with Crippen LogP contribution in [0.3, 0.4) is 0 Å². The van der Waals surface area contributed by atoms with Crippen LogP contribution in [0, 0.1) is 0 Å². The van der Waals surface area contributed by atoms with Gasteiger partial charge in [0.25, 0.3) is 10.0 Å². The average molecular weight is 284 g/mol. The molecule has 2 aromatic heterocycles. The molecule has 0 aliphatic heterocycles. The Kier molecular flexibility index (Phi) is 2.63. The summed E-state index contributed by atoms with van der Waals surface area (Å²) in [6.07, 6.45) is 2.17. The number of nitrogens with zero attached hydrogens (tertiary/aromatic N) is 3.